The average Bonchev–Trinajstić information content (AvgIpc) is 2.98. The number of hydrazine groups is 2. The molecule has 0 radical (unpaired) electrons. The third-order valence-electron chi connectivity index (χ3n) is 3.18. The zero-order valence-electron chi connectivity index (χ0n) is 12.6. The van der Waals surface area contributed by atoms with E-state index in [9.17, 15) is 9.59 Å². The Morgan fingerprint density at radius 3 is 2.83 bits per heavy atom. The molecule has 0 spiro atoms. The molecule has 2 aromatic rings. The van der Waals surface area contributed by atoms with Gasteiger partial charge in [-0.2, -0.15) is 4.98 Å². The summed E-state index contributed by atoms with van der Waals surface area (Å²) in [5.74, 6) is -0.0740. The van der Waals surface area contributed by atoms with Gasteiger partial charge >= 0.3 is 5.97 Å². The fraction of sp³-hybridized carbons (Fsp3) is 0.214. The van der Waals surface area contributed by atoms with Crippen molar-refractivity contribution >= 4 is 23.4 Å². The first-order valence-electron chi connectivity index (χ1n) is 7.14. The number of aromatic nitrogens is 2. The van der Waals surface area contributed by atoms with Crippen molar-refractivity contribution in [3.63, 3.8) is 0 Å². The second kappa shape index (κ2) is 6.98. The lowest BCUT2D eigenvalue weighted by Gasteiger charge is -2.16. The molecule has 0 fully saturated rings. The summed E-state index contributed by atoms with van der Waals surface area (Å²) in [4.78, 5) is 29.8. The number of nitrogens with two attached hydrogens (primary N) is 1. The van der Waals surface area contributed by atoms with Gasteiger partial charge in [-0.15, -0.1) is 5.53 Å². The number of esters is 1. The molecular weight excluding hydrogens is 316 g/mol. The molecule has 10 nitrogen and oxygen atoms in total. The van der Waals surface area contributed by atoms with E-state index in [1.54, 1.807) is 24.3 Å². The Balaban J connectivity index is 1.44. The number of nitrogen functional groups attached to an aromatic ring is 1. The normalized spacial score (nSPS) is 12.6. The van der Waals surface area contributed by atoms with Crippen LogP contribution in [0.2, 0.25) is 0 Å². The van der Waals surface area contributed by atoms with Crippen molar-refractivity contribution in [1.82, 2.24) is 15.5 Å². The summed E-state index contributed by atoms with van der Waals surface area (Å²) in [6, 6.07) is 8.69. The van der Waals surface area contributed by atoms with Crippen LogP contribution in [0, 0.1) is 0 Å². The lowest BCUT2D eigenvalue weighted by atomic mass is 10.2. The van der Waals surface area contributed by atoms with Gasteiger partial charge < -0.3 is 15.2 Å². The van der Waals surface area contributed by atoms with Crippen LogP contribution in [0.15, 0.2) is 35.1 Å². The van der Waals surface area contributed by atoms with Crippen molar-refractivity contribution in [2.24, 2.45) is 0 Å². The highest BCUT2D eigenvalue weighted by molar-refractivity contribution is 5.89. The fourth-order valence-electron chi connectivity index (χ4n) is 2.06. The van der Waals surface area contributed by atoms with Crippen LogP contribution in [-0.4, -0.2) is 35.9 Å². The Bertz CT molecular complexity index is 779. The van der Waals surface area contributed by atoms with Crippen molar-refractivity contribution in [2.45, 2.75) is 0 Å². The Morgan fingerprint density at radius 2 is 2.04 bits per heavy atom. The standard InChI is InChI=1S/C14H16N6O4/c15-14-16-11-10(12(21)17-14)18-19-20(11)8-23-6-7-24-13(22)9-4-2-1-3-5-9/h1-5,18-19H,6-8H2,(H3,15,16,17,21). The molecule has 126 valence electrons. The molecule has 1 aromatic heterocycles. The van der Waals surface area contributed by atoms with Gasteiger partial charge in [0.15, 0.2) is 11.5 Å². The van der Waals surface area contributed by atoms with E-state index >= 15 is 0 Å². The van der Waals surface area contributed by atoms with E-state index in [-0.39, 0.29) is 37.1 Å². The highest BCUT2D eigenvalue weighted by atomic mass is 16.6. The first-order valence-corrected chi connectivity index (χ1v) is 7.14. The number of benzene rings is 1. The zero-order valence-corrected chi connectivity index (χ0v) is 12.6. The maximum atomic E-state index is 11.7. The molecule has 1 aromatic carbocycles. The highest BCUT2D eigenvalue weighted by Crippen LogP contribution is 2.22. The van der Waals surface area contributed by atoms with Crippen molar-refractivity contribution in [1.29, 1.82) is 0 Å². The topological polar surface area (TPSA) is 135 Å². The number of aromatic amines is 1. The van der Waals surface area contributed by atoms with Crippen LogP contribution in [-0.2, 0) is 9.47 Å². The van der Waals surface area contributed by atoms with Crippen molar-refractivity contribution in [2.75, 3.05) is 36.1 Å². The Labute approximate surface area is 136 Å². The first-order chi connectivity index (χ1) is 11.6. The number of fused-ring (bicyclic) bond motifs is 1. The van der Waals surface area contributed by atoms with Crippen LogP contribution in [0.25, 0.3) is 0 Å². The lowest BCUT2D eigenvalue weighted by molar-refractivity contribution is 0.0312. The summed E-state index contributed by atoms with van der Waals surface area (Å²) < 4.78 is 10.5. The molecule has 24 heavy (non-hydrogen) atoms. The second-order valence-corrected chi connectivity index (χ2v) is 4.85. The molecule has 1 aliphatic heterocycles. The molecule has 0 saturated heterocycles. The number of hydrogen-bond donors (Lipinski definition) is 4. The SMILES string of the molecule is Nc1nc2c(c(=O)[nH]1)NNN2COCCOC(=O)c1ccccc1. The van der Waals surface area contributed by atoms with Gasteiger partial charge in [0.25, 0.3) is 5.56 Å². The molecule has 0 atom stereocenters. The van der Waals surface area contributed by atoms with E-state index in [0.29, 0.717) is 11.4 Å². The van der Waals surface area contributed by atoms with E-state index in [2.05, 4.69) is 20.9 Å². The monoisotopic (exact) mass is 332 g/mol. The molecular formula is C14H16N6O4. The summed E-state index contributed by atoms with van der Waals surface area (Å²) in [7, 11) is 0. The lowest BCUT2D eigenvalue weighted by Crippen LogP contribution is -2.38. The number of carbonyl (C=O) groups excluding carboxylic acids is 1. The minimum absolute atomic E-state index is 0.00559. The van der Waals surface area contributed by atoms with E-state index < -0.39 is 5.97 Å². The number of carbonyl (C=O) groups is 1. The third-order valence-corrected chi connectivity index (χ3v) is 3.18. The smallest absolute Gasteiger partial charge is 0.338 e. The highest BCUT2D eigenvalue weighted by Gasteiger charge is 2.23. The predicted molar refractivity (Wildman–Crippen MR) is 86.1 cm³/mol. The maximum Gasteiger partial charge on any atom is 0.338 e. The number of rotatable bonds is 6. The van der Waals surface area contributed by atoms with Gasteiger partial charge in [0.05, 0.1) is 12.2 Å². The minimum Gasteiger partial charge on any atom is -0.460 e. The molecule has 5 N–H and O–H groups in total. The van der Waals surface area contributed by atoms with E-state index in [1.807, 2.05) is 6.07 Å². The number of nitrogens with zero attached hydrogens (tertiary/aromatic N) is 2. The summed E-state index contributed by atoms with van der Waals surface area (Å²) >= 11 is 0. The van der Waals surface area contributed by atoms with Gasteiger partial charge in [0.1, 0.15) is 13.3 Å². The second-order valence-electron chi connectivity index (χ2n) is 4.85. The quantitative estimate of drug-likeness (QED) is 0.420. The molecule has 0 saturated carbocycles. The summed E-state index contributed by atoms with van der Waals surface area (Å²) in [6.45, 7) is 0.371. The van der Waals surface area contributed by atoms with E-state index in [4.69, 9.17) is 15.2 Å². The number of H-pyrrole nitrogens is 1. The Hall–Kier alpha value is -3.11. The van der Waals surface area contributed by atoms with Gasteiger partial charge in [0.2, 0.25) is 5.95 Å². The molecule has 0 amide bonds. The van der Waals surface area contributed by atoms with Gasteiger partial charge in [-0.1, -0.05) is 18.2 Å². The van der Waals surface area contributed by atoms with E-state index in [1.165, 1.54) is 5.01 Å². The first kappa shape index (κ1) is 15.8. The number of nitrogens with one attached hydrogen (secondary N) is 3. The predicted octanol–water partition coefficient (Wildman–Crippen LogP) is -0.165. The third kappa shape index (κ3) is 3.45. The van der Waals surface area contributed by atoms with Crippen LogP contribution in [0.4, 0.5) is 17.5 Å². The zero-order chi connectivity index (χ0) is 16.9. The van der Waals surface area contributed by atoms with Crippen molar-refractivity contribution in [3.05, 3.63) is 46.2 Å². The molecule has 2 heterocycles. The van der Waals surface area contributed by atoms with Crippen LogP contribution in [0.5, 0.6) is 0 Å². The van der Waals surface area contributed by atoms with Crippen LogP contribution in [0.1, 0.15) is 10.4 Å². The fourth-order valence-corrected chi connectivity index (χ4v) is 2.06. The van der Waals surface area contributed by atoms with Gasteiger partial charge in [0, 0.05) is 0 Å². The summed E-state index contributed by atoms with van der Waals surface area (Å²) in [5.41, 5.74) is 11.3. The maximum absolute atomic E-state index is 11.7. The molecule has 3 rings (SSSR count). The van der Waals surface area contributed by atoms with Crippen molar-refractivity contribution < 1.29 is 14.3 Å². The number of hydrogen-bond acceptors (Lipinski definition) is 9. The summed E-state index contributed by atoms with van der Waals surface area (Å²) in [5, 5.41) is 1.47. The molecule has 0 unspecified atom stereocenters. The minimum atomic E-state index is -0.411. The largest absolute Gasteiger partial charge is 0.460 e. The average molecular weight is 332 g/mol. The van der Waals surface area contributed by atoms with Gasteiger partial charge in [-0.3, -0.25) is 15.2 Å². The molecule has 1 aliphatic rings. The Morgan fingerprint density at radius 1 is 1.25 bits per heavy atom. The van der Waals surface area contributed by atoms with Gasteiger partial charge in [-0.05, 0) is 12.1 Å². The molecule has 0 bridgehead atoms. The Kier molecular flexibility index (Phi) is 4.59. The molecule has 0 aliphatic carbocycles. The summed E-state index contributed by atoms with van der Waals surface area (Å²) in [6.07, 6.45) is 0. The number of anilines is 3. The molecule has 10 heteroatoms. The van der Waals surface area contributed by atoms with E-state index in [0.717, 1.165) is 0 Å². The number of ether oxygens (including phenoxy) is 2. The van der Waals surface area contributed by atoms with Gasteiger partial charge in [-0.25, -0.2) is 9.80 Å². The van der Waals surface area contributed by atoms with Crippen LogP contribution >= 0.6 is 0 Å². The van der Waals surface area contributed by atoms with Crippen LogP contribution in [0.3, 0.4) is 0 Å². The van der Waals surface area contributed by atoms with Crippen LogP contribution < -0.4 is 27.3 Å². The van der Waals surface area contributed by atoms with Crippen molar-refractivity contribution in [3.8, 4) is 0 Å².